The molecule has 28 heavy (non-hydrogen) atoms. The number of nitrogens with zero attached hydrogens (tertiary/aromatic N) is 4. The van der Waals surface area contributed by atoms with Gasteiger partial charge in [-0.25, -0.2) is 4.98 Å². The number of carbonyl (C=O) groups is 1. The van der Waals surface area contributed by atoms with Crippen LogP contribution < -0.4 is 10.2 Å². The number of hydrogen-bond donors (Lipinski definition) is 1. The zero-order chi connectivity index (χ0) is 19.3. The van der Waals surface area contributed by atoms with Crippen LogP contribution in [0.1, 0.15) is 15.9 Å². The summed E-state index contributed by atoms with van der Waals surface area (Å²) in [5.74, 6) is -0.181. The third-order valence-electron chi connectivity index (χ3n) is 4.17. The van der Waals surface area contributed by atoms with Crippen LogP contribution in [0.15, 0.2) is 78.8 Å². The Balaban J connectivity index is 1.72. The van der Waals surface area contributed by atoms with Gasteiger partial charge in [0.15, 0.2) is 5.13 Å². The van der Waals surface area contributed by atoms with Gasteiger partial charge in [-0.2, -0.15) is 0 Å². The van der Waals surface area contributed by atoms with Gasteiger partial charge in [-0.05, 0) is 48.9 Å². The van der Waals surface area contributed by atoms with Gasteiger partial charge < -0.3 is 5.32 Å². The Bertz CT molecular complexity index is 1070. The van der Waals surface area contributed by atoms with Crippen LogP contribution in [-0.4, -0.2) is 20.9 Å². The Morgan fingerprint density at radius 1 is 1.04 bits per heavy atom. The smallest absolute Gasteiger partial charge is 0.255 e. The molecule has 1 amide bonds. The molecule has 0 fully saturated rings. The lowest BCUT2D eigenvalue weighted by molar-refractivity contribution is 0.102. The summed E-state index contributed by atoms with van der Waals surface area (Å²) in [5.41, 5.74) is 4.14. The summed E-state index contributed by atoms with van der Waals surface area (Å²) in [5, 5.41) is 5.71. The maximum Gasteiger partial charge on any atom is 0.255 e. The lowest BCUT2D eigenvalue weighted by Crippen LogP contribution is -2.14. The fourth-order valence-corrected chi connectivity index (χ4v) is 3.47. The van der Waals surface area contributed by atoms with Gasteiger partial charge in [0, 0.05) is 41.4 Å². The summed E-state index contributed by atoms with van der Waals surface area (Å²) in [6, 6.07) is 13.1. The van der Waals surface area contributed by atoms with E-state index in [1.165, 1.54) is 11.3 Å². The van der Waals surface area contributed by atoms with Crippen LogP contribution in [0.4, 0.5) is 22.2 Å². The quantitative estimate of drug-likeness (QED) is 0.524. The second-order valence-corrected chi connectivity index (χ2v) is 6.93. The third kappa shape index (κ3) is 3.74. The molecule has 3 aromatic heterocycles. The second-order valence-electron chi connectivity index (χ2n) is 6.05. The summed E-state index contributed by atoms with van der Waals surface area (Å²) in [6.45, 7) is 2.03. The molecule has 0 radical (unpaired) electrons. The summed E-state index contributed by atoms with van der Waals surface area (Å²) >= 11 is 1.54. The van der Waals surface area contributed by atoms with Crippen LogP contribution in [0.3, 0.4) is 0 Å². The van der Waals surface area contributed by atoms with E-state index in [-0.39, 0.29) is 5.91 Å². The van der Waals surface area contributed by atoms with Gasteiger partial charge in [0.05, 0.1) is 17.6 Å². The molecule has 4 rings (SSSR count). The van der Waals surface area contributed by atoms with Gasteiger partial charge in [-0.15, -0.1) is 11.3 Å². The first-order valence-electron chi connectivity index (χ1n) is 8.64. The Morgan fingerprint density at radius 3 is 2.61 bits per heavy atom. The van der Waals surface area contributed by atoms with E-state index in [4.69, 9.17) is 0 Å². The van der Waals surface area contributed by atoms with Gasteiger partial charge in [-0.3, -0.25) is 19.7 Å². The molecule has 0 bridgehead atoms. The van der Waals surface area contributed by atoms with Gasteiger partial charge in [-0.1, -0.05) is 6.07 Å². The molecular formula is C21H17N5OS. The molecule has 1 N–H and O–H groups in total. The van der Waals surface area contributed by atoms with Gasteiger partial charge in [0.1, 0.15) is 0 Å². The van der Waals surface area contributed by atoms with Crippen molar-refractivity contribution in [1.82, 2.24) is 15.0 Å². The highest BCUT2D eigenvalue weighted by molar-refractivity contribution is 7.13. The molecule has 4 aromatic rings. The van der Waals surface area contributed by atoms with Crippen molar-refractivity contribution in [3.63, 3.8) is 0 Å². The lowest BCUT2D eigenvalue weighted by atomic mass is 10.1. The number of carbonyl (C=O) groups excluding carboxylic acids is 1. The largest absolute Gasteiger partial charge is 0.322 e. The molecule has 3 heterocycles. The van der Waals surface area contributed by atoms with Gasteiger partial charge in [0.25, 0.3) is 5.91 Å². The van der Waals surface area contributed by atoms with Crippen molar-refractivity contribution in [3.8, 4) is 0 Å². The van der Waals surface area contributed by atoms with E-state index in [9.17, 15) is 4.79 Å². The van der Waals surface area contributed by atoms with Crippen molar-refractivity contribution >= 4 is 39.4 Å². The number of nitrogens with one attached hydrogen (secondary N) is 1. The van der Waals surface area contributed by atoms with Crippen molar-refractivity contribution in [2.75, 3.05) is 10.2 Å². The topological polar surface area (TPSA) is 71.0 Å². The van der Waals surface area contributed by atoms with Crippen LogP contribution in [-0.2, 0) is 0 Å². The zero-order valence-corrected chi connectivity index (χ0v) is 15.9. The molecule has 7 heteroatoms. The number of benzene rings is 1. The molecule has 0 spiro atoms. The minimum atomic E-state index is -0.181. The predicted octanol–water partition coefficient (Wildman–Crippen LogP) is 4.96. The van der Waals surface area contributed by atoms with Gasteiger partial charge in [0.2, 0.25) is 0 Å². The summed E-state index contributed by atoms with van der Waals surface area (Å²) in [6.07, 6.45) is 8.50. The fourth-order valence-electron chi connectivity index (χ4n) is 2.80. The maximum absolute atomic E-state index is 12.5. The number of pyridine rings is 2. The van der Waals surface area contributed by atoms with E-state index in [2.05, 4.69) is 20.3 Å². The molecule has 6 nitrogen and oxygen atoms in total. The third-order valence-corrected chi connectivity index (χ3v) is 4.92. The van der Waals surface area contributed by atoms with Crippen molar-refractivity contribution in [1.29, 1.82) is 0 Å². The number of thiazole rings is 1. The fraction of sp³-hybridized carbons (Fsp3) is 0.0476. The number of aromatic nitrogens is 3. The van der Waals surface area contributed by atoms with Crippen LogP contribution in [0.5, 0.6) is 0 Å². The van der Waals surface area contributed by atoms with E-state index in [0.29, 0.717) is 11.3 Å². The number of anilines is 4. The van der Waals surface area contributed by atoms with E-state index < -0.39 is 0 Å². The Kier molecular flexibility index (Phi) is 5.07. The number of rotatable bonds is 5. The molecule has 0 unspecified atom stereocenters. The molecule has 0 saturated carbocycles. The van der Waals surface area contributed by atoms with E-state index in [1.54, 1.807) is 43.1 Å². The molecular weight excluding hydrogens is 370 g/mol. The van der Waals surface area contributed by atoms with Crippen molar-refractivity contribution in [2.45, 2.75) is 6.92 Å². The average molecular weight is 387 g/mol. The first-order chi connectivity index (χ1) is 13.7. The van der Waals surface area contributed by atoms with E-state index in [1.807, 2.05) is 47.5 Å². The monoisotopic (exact) mass is 387 g/mol. The lowest BCUT2D eigenvalue weighted by Gasteiger charge is -2.24. The predicted molar refractivity (Wildman–Crippen MR) is 112 cm³/mol. The highest BCUT2D eigenvalue weighted by Gasteiger charge is 2.18. The van der Waals surface area contributed by atoms with E-state index >= 15 is 0 Å². The highest BCUT2D eigenvalue weighted by Crippen LogP contribution is 2.38. The first-order valence-corrected chi connectivity index (χ1v) is 9.52. The second kappa shape index (κ2) is 7.98. The molecule has 0 aliphatic carbocycles. The van der Waals surface area contributed by atoms with Crippen LogP contribution in [0, 0.1) is 6.92 Å². The average Bonchev–Trinajstić information content (AvgIpc) is 3.26. The Hall–Kier alpha value is -3.58. The van der Waals surface area contributed by atoms with Gasteiger partial charge >= 0.3 is 0 Å². The van der Waals surface area contributed by atoms with E-state index in [0.717, 1.165) is 22.1 Å². The van der Waals surface area contributed by atoms with Crippen molar-refractivity contribution in [3.05, 3.63) is 90.0 Å². The minimum absolute atomic E-state index is 0.181. The van der Waals surface area contributed by atoms with Crippen LogP contribution in [0.2, 0.25) is 0 Å². The molecule has 0 saturated heterocycles. The van der Waals surface area contributed by atoms with Crippen LogP contribution >= 0.6 is 11.3 Å². The molecule has 138 valence electrons. The molecule has 0 aliphatic heterocycles. The SMILES string of the molecule is Cc1ccc(NC(=O)c2ccncc2)cc1N(c1cccnc1)c1nccs1. The number of hydrogen-bond acceptors (Lipinski definition) is 6. The first kappa shape index (κ1) is 17.8. The minimum Gasteiger partial charge on any atom is -0.322 e. The molecule has 0 aliphatic rings. The normalized spacial score (nSPS) is 10.5. The molecule has 0 atom stereocenters. The zero-order valence-electron chi connectivity index (χ0n) is 15.1. The maximum atomic E-state index is 12.5. The Labute approximate surface area is 166 Å². The van der Waals surface area contributed by atoms with Crippen molar-refractivity contribution in [2.24, 2.45) is 0 Å². The standard InChI is InChI=1S/C21H17N5OS/c1-15-4-5-17(25-20(27)16-6-9-22-10-7-16)13-19(15)26(21-24-11-12-28-21)18-3-2-8-23-14-18/h2-14H,1H3,(H,25,27). The Morgan fingerprint density at radius 2 is 1.89 bits per heavy atom. The molecule has 1 aromatic carbocycles. The van der Waals surface area contributed by atoms with Crippen molar-refractivity contribution < 1.29 is 4.79 Å². The van der Waals surface area contributed by atoms with Crippen LogP contribution in [0.25, 0.3) is 0 Å². The highest BCUT2D eigenvalue weighted by atomic mass is 32.1. The summed E-state index contributed by atoms with van der Waals surface area (Å²) in [4.78, 5) is 27.2. The summed E-state index contributed by atoms with van der Waals surface area (Å²) in [7, 11) is 0. The number of amides is 1. The summed E-state index contributed by atoms with van der Waals surface area (Å²) < 4.78 is 0. The number of aryl methyl sites for hydroxylation is 1.